The van der Waals surface area contributed by atoms with Gasteiger partial charge in [-0.15, -0.1) is 12.4 Å². The van der Waals surface area contributed by atoms with Gasteiger partial charge in [-0.25, -0.2) is 8.42 Å². The molecule has 1 aliphatic rings. The summed E-state index contributed by atoms with van der Waals surface area (Å²) in [5.41, 5.74) is 0.931. The lowest BCUT2D eigenvalue weighted by Gasteiger charge is -2.33. The van der Waals surface area contributed by atoms with E-state index in [9.17, 15) is 13.2 Å². The van der Waals surface area contributed by atoms with Gasteiger partial charge in [0.05, 0.1) is 16.9 Å². The lowest BCUT2D eigenvalue weighted by atomic mass is 9.99. The summed E-state index contributed by atoms with van der Waals surface area (Å²) in [4.78, 5) is 14.2. The first kappa shape index (κ1) is 17.9. The molecule has 1 aliphatic heterocycles. The zero-order valence-corrected chi connectivity index (χ0v) is 14.0. The number of hydrogen-bond donors (Lipinski definition) is 1. The van der Waals surface area contributed by atoms with Gasteiger partial charge in [0.1, 0.15) is 0 Å². The number of hydrogen-bond acceptors (Lipinski definition) is 4. The van der Waals surface area contributed by atoms with Crippen LogP contribution in [0.25, 0.3) is 0 Å². The van der Waals surface area contributed by atoms with Crippen LogP contribution in [-0.2, 0) is 14.6 Å². The molecule has 21 heavy (non-hydrogen) atoms. The molecule has 1 heterocycles. The van der Waals surface area contributed by atoms with E-state index in [0.29, 0.717) is 4.90 Å². The van der Waals surface area contributed by atoms with E-state index in [1.54, 1.807) is 36.2 Å². The van der Waals surface area contributed by atoms with Crippen molar-refractivity contribution in [2.24, 2.45) is 5.92 Å². The first-order chi connectivity index (χ1) is 9.30. The summed E-state index contributed by atoms with van der Waals surface area (Å²) in [7, 11) is -1.39. The normalized spacial score (nSPS) is 16.5. The molecule has 7 heteroatoms. The molecule has 1 aromatic carbocycles. The molecule has 0 bridgehead atoms. The highest BCUT2D eigenvalue weighted by Crippen LogP contribution is 2.23. The Balaban J connectivity index is 0.00000220. The molecule has 1 aromatic rings. The molecule has 1 fully saturated rings. The lowest BCUT2D eigenvalue weighted by molar-refractivity contribution is -0.137. The van der Waals surface area contributed by atoms with E-state index < -0.39 is 9.84 Å². The van der Waals surface area contributed by atoms with Crippen LogP contribution in [0.2, 0.25) is 0 Å². The highest BCUT2D eigenvalue weighted by atomic mass is 35.5. The first-order valence-electron chi connectivity index (χ1n) is 6.58. The predicted octanol–water partition coefficient (Wildman–Crippen LogP) is 1.25. The van der Waals surface area contributed by atoms with Crippen molar-refractivity contribution in [1.29, 1.82) is 0 Å². The van der Waals surface area contributed by atoms with Gasteiger partial charge < -0.3 is 10.2 Å². The van der Waals surface area contributed by atoms with Crippen LogP contribution in [-0.4, -0.2) is 45.6 Å². The van der Waals surface area contributed by atoms with Crippen molar-refractivity contribution in [2.45, 2.75) is 17.9 Å². The molecule has 1 N–H and O–H groups in total. The van der Waals surface area contributed by atoms with Crippen molar-refractivity contribution in [3.8, 4) is 0 Å². The van der Waals surface area contributed by atoms with E-state index in [-0.39, 0.29) is 30.3 Å². The van der Waals surface area contributed by atoms with Crippen LogP contribution < -0.4 is 5.32 Å². The quantitative estimate of drug-likeness (QED) is 0.901. The highest BCUT2D eigenvalue weighted by molar-refractivity contribution is 7.90. The standard InChI is InChI=1S/C14H20N2O3S.ClH/c1-10(16(2)14(17)12-8-15-9-12)11-4-6-13(7-5-11)20(3,18)19;/h4-7,10,12,15H,8-9H2,1-3H3;1H. The molecule has 2 rings (SSSR count). The zero-order valence-electron chi connectivity index (χ0n) is 12.4. The summed E-state index contributed by atoms with van der Waals surface area (Å²) in [6.07, 6.45) is 1.19. The fraction of sp³-hybridized carbons (Fsp3) is 0.500. The molecule has 5 nitrogen and oxygen atoms in total. The van der Waals surface area contributed by atoms with Crippen LogP contribution in [0.15, 0.2) is 29.2 Å². The maximum atomic E-state index is 12.2. The van der Waals surface area contributed by atoms with Crippen molar-refractivity contribution in [2.75, 3.05) is 26.4 Å². The smallest absolute Gasteiger partial charge is 0.228 e. The van der Waals surface area contributed by atoms with Gasteiger partial charge in [-0.1, -0.05) is 12.1 Å². The average molecular weight is 333 g/mol. The SMILES string of the molecule is CC(c1ccc(S(C)(=O)=O)cc1)N(C)C(=O)C1CNC1.Cl. The molecule has 0 aliphatic carbocycles. The minimum atomic E-state index is -3.18. The van der Waals surface area contributed by atoms with Crippen LogP contribution in [0.1, 0.15) is 18.5 Å². The third-order valence-corrected chi connectivity index (χ3v) is 4.98. The Morgan fingerprint density at radius 1 is 1.29 bits per heavy atom. The summed E-state index contributed by atoms with van der Waals surface area (Å²) in [6, 6.07) is 6.64. The van der Waals surface area contributed by atoms with Gasteiger partial charge in [0.2, 0.25) is 5.91 Å². The van der Waals surface area contributed by atoms with Crippen molar-refractivity contribution in [1.82, 2.24) is 10.2 Å². The number of nitrogens with one attached hydrogen (secondary N) is 1. The second-order valence-corrected chi connectivity index (χ2v) is 7.34. The Morgan fingerprint density at radius 2 is 1.81 bits per heavy atom. The Morgan fingerprint density at radius 3 is 2.19 bits per heavy atom. The summed E-state index contributed by atoms with van der Waals surface area (Å²) in [5, 5.41) is 3.09. The summed E-state index contributed by atoms with van der Waals surface area (Å²) in [6.45, 7) is 3.42. The molecule has 1 unspecified atom stereocenters. The second-order valence-electron chi connectivity index (χ2n) is 5.32. The van der Waals surface area contributed by atoms with Gasteiger partial charge in [-0.05, 0) is 24.6 Å². The van der Waals surface area contributed by atoms with E-state index in [2.05, 4.69) is 5.32 Å². The Bertz CT molecular complexity index is 597. The van der Waals surface area contributed by atoms with Crippen molar-refractivity contribution >= 4 is 28.2 Å². The third kappa shape index (κ3) is 3.96. The first-order valence-corrected chi connectivity index (χ1v) is 8.47. The number of halogens is 1. The number of benzene rings is 1. The molecule has 1 amide bonds. The fourth-order valence-electron chi connectivity index (χ4n) is 2.16. The van der Waals surface area contributed by atoms with Gasteiger partial charge in [0.15, 0.2) is 9.84 Å². The minimum absolute atomic E-state index is 0. The summed E-state index contributed by atoms with van der Waals surface area (Å²) < 4.78 is 22.8. The van der Waals surface area contributed by atoms with Crippen molar-refractivity contribution in [3.05, 3.63) is 29.8 Å². The molecule has 0 saturated carbocycles. The lowest BCUT2D eigenvalue weighted by Crippen LogP contribution is -2.51. The van der Waals surface area contributed by atoms with Crippen LogP contribution >= 0.6 is 12.4 Å². The van der Waals surface area contributed by atoms with E-state index in [1.165, 1.54) is 6.26 Å². The summed E-state index contributed by atoms with van der Waals surface area (Å²) in [5.74, 6) is 0.196. The molecular weight excluding hydrogens is 312 g/mol. The Hall–Kier alpha value is -1.11. The van der Waals surface area contributed by atoms with Gasteiger partial charge in [-0.2, -0.15) is 0 Å². The molecule has 0 spiro atoms. The maximum absolute atomic E-state index is 12.2. The van der Waals surface area contributed by atoms with E-state index in [0.717, 1.165) is 18.7 Å². The van der Waals surface area contributed by atoms with Crippen LogP contribution in [0, 0.1) is 5.92 Å². The van der Waals surface area contributed by atoms with Crippen molar-refractivity contribution < 1.29 is 13.2 Å². The molecule has 1 atom stereocenters. The van der Waals surface area contributed by atoms with Crippen LogP contribution in [0.4, 0.5) is 0 Å². The Labute approximate surface area is 132 Å². The molecular formula is C14H21ClN2O3S. The van der Waals surface area contributed by atoms with Crippen LogP contribution in [0.3, 0.4) is 0 Å². The summed E-state index contributed by atoms with van der Waals surface area (Å²) >= 11 is 0. The molecule has 0 radical (unpaired) electrons. The van der Waals surface area contributed by atoms with Crippen molar-refractivity contribution in [3.63, 3.8) is 0 Å². The largest absolute Gasteiger partial charge is 0.339 e. The molecule has 118 valence electrons. The van der Waals surface area contributed by atoms with E-state index >= 15 is 0 Å². The number of carbonyl (C=O) groups is 1. The number of amides is 1. The predicted molar refractivity (Wildman–Crippen MR) is 84.3 cm³/mol. The Kier molecular flexibility index (Phi) is 5.78. The molecule has 1 saturated heterocycles. The van der Waals surface area contributed by atoms with Gasteiger partial charge >= 0.3 is 0 Å². The number of nitrogens with zero attached hydrogens (tertiary/aromatic N) is 1. The number of sulfone groups is 1. The van der Waals surface area contributed by atoms with E-state index in [1.807, 2.05) is 6.92 Å². The number of carbonyl (C=O) groups excluding carboxylic acids is 1. The zero-order chi connectivity index (χ0) is 14.9. The monoisotopic (exact) mass is 332 g/mol. The van der Waals surface area contributed by atoms with Gasteiger partial charge in [0.25, 0.3) is 0 Å². The average Bonchev–Trinajstić information content (AvgIpc) is 2.34. The third-order valence-electron chi connectivity index (χ3n) is 3.85. The van der Waals surface area contributed by atoms with Crippen LogP contribution in [0.5, 0.6) is 0 Å². The molecule has 0 aromatic heterocycles. The van der Waals surface area contributed by atoms with Gasteiger partial charge in [0, 0.05) is 26.4 Å². The number of rotatable bonds is 4. The van der Waals surface area contributed by atoms with Gasteiger partial charge in [-0.3, -0.25) is 4.79 Å². The minimum Gasteiger partial charge on any atom is -0.339 e. The van der Waals surface area contributed by atoms with E-state index in [4.69, 9.17) is 0 Å². The topological polar surface area (TPSA) is 66.5 Å². The highest BCUT2D eigenvalue weighted by Gasteiger charge is 2.29. The second kappa shape index (κ2) is 6.77. The fourth-order valence-corrected chi connectivity index (χ4v) is 2.79. The maximum Gasteiger partial charge on any atom is 0.228 e.